The first-order valence-electron chi connectivity index (χ1n) is 9.82. The number of hydrogen-bond donors (Lipinski definition) is 0. The first kappa shape index (κ1) is 21.8. The second-order valence-corrected chi connectivity index (χ2v) is 7.73. The van der Waals surface area contributed by atoms with Crippen molar-refractivity contribution in [1.29, 1.82) is 0 Å². The van der Waals surface area contributed by atoms with Crippen LogP contribution in [0.5, 0.6) is 0 Å². The lowest BCUT2D eigenvalue weighted by molar-refractivity contribution is -0.128. The zero-order valence-electron chi connectivity index (χ0n) is 17.0. The summed E-state index contributed by atoms with van der Waals surface area (Å²) < 4.78 is 15.4. The predicted octanol–water partition coefficient (Wildman–Crippen LogP) is 4.33. The molecule has 3 rings (SSSR count). The van der Waals surface area contributed by atoms with Crippen LogP contribution in [0.15, 0.2) is 72.4 Å². The van der Waals surface area contributed by atoms with Crippen LogP contribution in [-0.4, -0.2) is 37.9 Å². The fourth-order valence-corrected chi connectivity index (χ4v) is 3.97. The predicted molar refractivity (Wildman–Crippen MR) is 118 cm³/mol. The average Bonchev–Trinajstić information content (AvgIpc) is 3.12. The standard InChI is InChI=1S/C23H25FN4OS/c1-3-13-28-21(15-18-9-6-5-7-10-18)25-26-23(28)30-17-22(29)27(4-2)16-19-11-8-12-20(24)14-19/h3,5-12,14H,1,4,13,15-17H2,2H3. The molecule has 0 bridgehead atoms. The number of aromatic nitrogens is 3. The summed E-state index contributed by atoms with van der Waals surface area (Å²) in [5.74, 6) is 0.755. The number of thioether (sulfide) groups is 1. The Kier molecular flexibility index (Phi) is 7.79. The van der Waals surface area contributed by atoms with Gasteiger partial charge < -0.3 is 9.47 Å². The molecule has 1 heterocycles. The first-order valence-corrected chi connectivity index (χ1v) is 10.8. The van der Waals surface area contributed by atoms with E-state index in [9.17, 15) is 9.18 Å². The molecule has 0 radical (unpaired) electrons. The van der Waals surface area contributed by atoms with Crippen LogP contribution < -0.4 is 0 Å². The topological polar surface area (TPSA) is 51.0 Å². The maximum absolute atomic E-state index is 13.4. The fraction of sp³-hybridized carbons (Fsp3) is 0.261. The lowest BCUT2D eigenvalue weighted by atomic mass is 10.1. The van der Waals surface area contributed by atoms with Crippen LogP contribution >= 0.6 is 11.8 Å². The monoisotopic (exact) mass is 424 g/mol. The highest BCUT2D eigenvalue weighted by molar-refractivity contribution is 7.99. The Morgan fingerprint density at radius 1 is 1.17 bits per heavy atom. The number of carbonyl (C=O) groups excluding carboxylic acids is 1. The molecule has 156 valence electrons. The van der Waals surface area contributed by atoms with Crippen molar-refractivity contribution in [3.05, 3.63) is 90.0 Å². The molecule has 0 aliphatic carbocycles. The summed E-state index contributed by atoms with van der Waals surface area (Å²) in [4.78, 5) is 14.4. The van der Waals surface area contributed by atoms with Gasteiger partial charge in [-0.2, -0.15) is 0 Å². The van der Waals surface area contributed by atoms with Crippen LogP contribution in [0.1, 0.15) is 23.9 Å². The third kappa shape index (κ3) is 5.79. The zero-order chi connectivity index (χ0) is 21.3. The van der Waals surface area contributed by atoms with Crippen molar-refractivity contribution < 1.29 is 9.18 Å². The molecule has 5 nitrogen and oxygen atoms in total. The summed E-state index contributed by atoms with van der Waals surface area (Å²) in [7, 11) is 0. The molecule has 0 aliphatic rings. The maximum atomic E-state index is 13.4. The number of benzene rings is 2. The number of allylic oxidation sites excluding steroid dienone is 1. The molecule has 0 atom stereocenters. The van der Waals surface area contributed by atoms with E-state index in [1.165, 1.54) is 23.9 Å². The minimum atomic E-state index is -0.297. The molecule has 30 heavy (non-hydrogen) atoms. The van der Waals surface area contributed by atoms with Crippen LogP contribution in [-0.2, 0) is 24.3 Å². The number of amides is 1. The molecule has 1 aromatic heterocycles. The lowest BCUT2D eigenvalue weighted by Gasteiger charge is -2.21. The molecule has 0 saturated heterocycles. The van der Waals surface area contributed by atoms with E-state index in [-0.39, 0.29) is 17.5 Å². The summed E-state index contributed by atoms with van der Waals surface area (Å²) in [5, 5.41) is 9.31. The summed E-state index contributed by atoms with van der Waals surface area (Å²) in [5.41, 5.74) is 1.92. The van der Waals surface area contributed by atoms with Crippen LogP contribution in [0.4, 0.5) is 4.39 Å². The highest BCUT2D eigenvalue weighted by atomic mass is 32.2. The van der Waals surface area contributed by atoms with E-state index >= 15 is 0 Å². The third-order valence-electron chi connectivity index (χ3n) is 4.63. The quantitative estimate of drug-likeness (QED) is 0.359. The van der Waals surface area contributed by atoms with Gasteiger partial charge in [-0.15, -0.1) is 16.8 Å². The van der Waals surface area contributed by atoms with Crippen molar-refractivity contribution in [2.24, 2.45) is 0 Å². The molecule has 3 aromatic rings. The van der Waals surface area contributed by atoms with E-state index in [2.05, 4.69) is 28.9 Å². The Morgan fingerprint density at radius 3 is 2.63 bits per heavy atom. The van der Waals surface area contributed by atoms with Gasteiger partial charge in [0.15, 0.2) is 5.16 Å². The van der Waals surface area contributed by atoms with Crippen LogP contribution in [0, 0.1) is 5.82 Å². The van der Waals surface area contributed by atoms with Crippen molar-refractivity contribution >= 4 is 17.7 Å². The molecular formula is C23H25FN4OS. The van der Waals surface area contributed by atoms with Crippen LogP contribution in [0.25, 0.3) is 0 Å². The Labute approximate surface area is 180 Å². The van der Waals surface area contributed by atoms with E-state index in [0.717, 1.165) is 17.0 Å². The van der Waals surface area contributed by atoms with Gasteiger partial charge >= 0.3 is 0 Å². The molecule has 0 fully saturated rings. The summed E-state index contributed by atoms with van der Waals surface area (Å²) in [6.07, 6.45) is 2.46. The van der Waals surface area contributed by atoms with Gasteiger partial charge in [0.1, 0.15) is 11.6 Å². The molecule has 1 amide bonds. The second kappa shape index (κ2) is 10.7. The van der Waals surface area contributed by atoms with Crippen molar-refractivity contribution in [1.82, 2.24) is 19.7 Å². The van der Waals surface area contributed by atoms with E-state index in [1.54, 1.807) is 17.0 Å². The van der Waals surface area contributed by atoms with Crippen molar-refractivity contribution in [2.45, 2.75) is 31.6 Å². The Hall–Kier alpha value is -2.93. The average molecular weight is 425 g/mol. The largest absolute Gasteiger partial charge is 0.338 e. The Morgan fingerprint density at radius 2 is 1.93 bits per heavy atom. The number of carbonyl (C=O) groups is 1. The SMILES string of the molecule is C=CCn1c(Cc2ccccc2)nnc1SCC(=O)N(CC)Cc1cccc(F)c1. The summed E-state index contributed by atoms with van der Waals surface area (Å²) in [6, 6.07) is 16.4. The van der Waals surface area contributed by atoms with Crippen molar-refractivity contribution in [3.8, 4) is 0 Å². The zero-order valence-corrected chi connectivity index (χ0v) is 17.8. The maximum Gasteiger partial charge on any atom is 0.233 e. The van der Waals surface area contributed by atoms with E-state index in [1.807, 2.05) is 35.8 Å². The molecule has 7 heteroatoms. The highest BCUT2D eigenvalue weighted by Gasteiger charge is 2.17. The van der Waals surface area contributed by atoms with E-state index < -0.39 is 0 Å². The normalized spacial score (nSPS) is 10.7. The van der Waals surface area contributed by atoms with Gasteiger partial charge in [-0.3, -0.25) is 4.79 Å². The third-order valence-corrected chi connectivity index (χ3v) is 5.58. The summed E-state index contributed by atoms with van der Waals surface area (Å²) in [6.45, 7) is 7.25. The second-order valence-electron chi connectivity index (χ2n) is 6.79. The van der Waals surface area contributed by atoms with Crippen molar-refractivity contribution in [3.63, 3.8) is 0 Å². The van der Waals surface area contributed by atoms with E-state index in [0.29, 0.717) is 31.2 Å². The Balaban J connectivity index is 1.66. The molecular weight excluding hydrogens is 399 g/mol. The van der Waals surface area contributed by atoms with Gasteiger partial charge in [0, 0.05) is 26.1 Å². The lowest BCUT2D eigenvalue weighted by Crippen LogP contribution is -2.31. The van der Waals surface area contributed by atoms with Gasteiger partial charge in [0.2, 0.25) is 5.91 Å². The molecule has 2 aromatic carbocycles. The molecule has 0 saturated carbocycles. The number of rotatable bonds is 10. The van der Waals surface area contributed by atoms with Gasteiger partial charge in [0.05, 0.1) is 5.75 Å². The smallest absolute Gasteiger partial charge is 0.233 e. The van der Waals surface area contributed by atoms with Crippen molar-refractivity contribution in [2.75, 3.05) is 12.3 Å². The number of nitrogens with zero attached hydrogens (tertiary/aromatic N) is 4. The molecule has 0 unspecified atom stereocenters. The summed E-state index contributed by atoms with van der Waals surface area (Å²) >= 11 is 1.36. The molecule has 0 N–H and O–H groups in total. The minimum absolute atomic E-state index is 0.0236. The van der Waals surface area contributed by atoms with Gasteiger partial charge in [-0.05, 0) is 30.2 Å². The van der Waals surface area contributed by atoms with Crippen LogP contribution in [0.2, 0.25) is 0 Å². The number of hydrogen-bond acceptors (Lipinski definition) is 4. The fourth-order valence-electron chi connectivity index (χ4n) is 3.10. The van der Waals surface area contributed by atoms with Crippen LogP contribution in [0.3, 0.4) is 0 Å². The van der Waals surface area contributed by atoms with Gasteiger partial charge in [0.25, 0.3) is 0 Å². The molecule has 0 spiro atoms. The highest BCUT2D eigenvalue weighted by Crippen LogP contribution is 2.20. The van der Waals surface area contributed by atoms with E-state index in [4.69, 9.17) is 0 Å². The number of halogens is 1. The first-order chi connectivity index (χ1) is 14.6. The minimum Gasteiger partial charge on any atom is -0.338 e. The molecule has 0 aliphatic heterocycles. The van der Waals surface area contributed by atoms with Gasteiger partial charge in [-0.1, -0.05) is 60.3 Å². The Bertz CT molecular complexity index is 990. The van der Waals surface area contributed by atoms with Gasteiger partial charge in [-0.25, -0.2) is 4.39 Å².